The standard InChI is InChI=1S/C40H79N2/c1-4-7-10-12-14-16-18-20-22-23-25-27-29-31-33-35-40-41(36-9-6-3)38-39-42(40)37-34-32-30-28-26-24-21-19-17-15-13-11-8-5-2/h38-39H,4-37H2,1-3H3/q+1. The molecular formula is C40H79N2+. The van der Waals surface area contributed by atoms with Crippen molar-refractivity contribution in [3.63, 3.8) is 0 Å². The molecule has 0 aromatic carbocycles. The van der Waals surface area contributed by atoms with E-state index in [9.17, 15) is 0 Å². The van der Waals surface area contributed by atoms with E-state index in [1.165, 1.54) is 219 Å². The van der Waals surface area contributed by atoms with Crippen molar-refractivity contribution >= 4 is 0 Å². The highest BCUT2D eigenvalue weighted by molar-refractivity contribution is 4.84. The molecule has 0 atom stereocenters. The van der Waals surface area contributed by atoms with Crippen LogP contribution in [0.25, 0.3) is 0 Å². The Kier molecular flexibility index (Phi) is 29.5. The van der Waals surface area contributed by atoms with Crippen LogP contribution in [0.15, 0.2) is 12.4 Å². The van der Waals surface area contributed by atoms with E-state index >= 15 is 0 Å². The predicted molar refractivity (Wildman–Crippen MR) is 188 cm³/mol. The number of imidazole rings is 1. The number of aryl methyl sites for hydroxylation is 2. The summed E-state index contributed by atoms with van der Waals surface area (Å²) in [6.07, 6.45) is 50.5. The van der Waals surface area contributed by atoms with Crippen molar-refractivity contribution in [2.45, 2.75) is 239 Å². The highest BCUT2D eigenvalue weighted by Gasteiger charge is 2.16. The van der Waals surface area contributed by atoms with Gasteiger partial charge in [-0.05, 0) is 25.7 Å². The van der Waals surface area contributed by atoms with Gasteiger partial charge in [0.15, 0.2) is 0 Å². The highest BCUT2D eigenvalue weighted by atomic mass is 15.1. The van der Waals surface area contributed by atoms with Crippen LogP contribution in [0, 0.1) is 0 Å². The van der Waals surface area contributed by atoms with Crippen LogP contribution >= 0.6 is 0 Å². The summed E-state index contributed by atoms with van der Waals surface area (Å²) >= 11 is 0. The van der Waals surface area contributed by atoms with Crippen LogP contribution in [0.5, 0.6) is 0 Å². The van der Waals surface area contributed by atoms with Gasteiger partial charge in [-0.15, -0.1) is 0 Å². The van der Waals surface area contributed by atoms with E-state index in [0.29, 0.717) is 0 Å². The van der Waals surface area contributed by atoms with Crippen LogP contribution in [-0.2, 0) is 19.5 Å². The molecule has 0 aliphatic carbocycles. The van der Waals surface area contributed by atoms with Crippen molar-refractivity contribution in [1.82, 2.24) is 4.57 Å². The molecule has 0 aliphatic rings. The first-order chi connectivity index (χ1) is 20.8. The second-order valence-corrected chi connectivity index (χ2v) is 13.8. The van der Waals surface area contributed by atoms with E-state index in [1.54, 1.807) is 5.82 Å². The van der Waals surface area contributed by atoms with E-state index < -0.39 is 0 Å². The number of rotatable bonds is 34. The molecule has 0 saturated heterocycles. The van der Waals surface area contributed by atoms with Crippen LogP contribution in [0.4, 0.5) is 0 Å². The quantitative estimate of drug-likeness (QED) is 0.0560. The molecule has 0 aliphatic heterocycles. The maximum atomic E-state index is 2.61. The van der Waals surface area contributed by atoms with Gasteiger partial charge in [-0.3, -0.25) is 0 Å². The Morgan fingerprint density at radius 1 is 0.405 bits per heavy atom. The van der Waals surface area contributed by atoms with Gasteiger partial charge in [-0.2, -0.15) is 0 Å². The molecule has 42 heavy (non-hydrogen) atoms. The first-order valence-electron chi connectivity index (χ1n) is 19.9. The van der Waals surface area contributed by atoms with Crippen molar-refractivity contribution in [2.75, 3.05) is 0 Å². The van der Waals surface area contributed by atoms with E-state index in [4.69, 9.17) is 0 Å². The predicted octanol–water partition coefficient (Wildman–Crippen LogP) is 13.5. The number of hydrogen-bond acceptors (Lipinski definition) is 0. The zero-order valence-corrected chi connectivity index (χ0v) is 29.6. The third-order valence-corrected chi connectivity index (χ3v) is 9.60. The lowest BCUT2D eigenvalue weighted by Gasteiger charge is -2.07. The average Bonchev–Trinajstić information content (AvgIpc) is 3.39. The number of aromatic nitrogens is 2. The fourth-order valence-corrected chi connectivity index (χ4v) is 6.65. The molecule has 0 unspecified atom stereocenters. The molecule has 1 heterocycles. The number of unbranched alkanes of at least 4 members (excludes halogenated alkanes) is 28. The van der Waals surface area contributed by atoms with Gasteiger partial charge in [0.05, 0.1) is 13.1 Å². The second kappa shape index (κ2) is 31.6. The molecule has 0 N–H and O–H groups in total. The van der Waals surface area contributed by atoms with Gasteiger partial charge in [0.2, 0.25) is 0 Å². The molecule has 0 radical (unpaired) electrons. The minimum atomic E-state index is 1.20. The molecule has 1 aromatic heterocycles. The van der Waals surface area contributed by atoms with Gasteiger partial charge in [-0.1, -0.05) is 194 Å². The maximum Gasteiger partial charge on any atom is 0.256 e. The monoisotopic (exact) mass is 588 g/mol. The molecular weight excluding hydrogens is 508 g/mol. The molecule has 0 spiro atoms. The first kappa shape index (κ1) is 39.2. The molecule has 1 rings (SSSR count). The summed E-state index contributed by atoms with van der Waals surface area (Å²) in [5, 5.41) is 0. The lowest BCUT2D eigenvalue weighted by Crippen LogP contribution is -2.37. The van der Waals surface area contributed by atoms with Crippen LogP contribution in [-0.4, -0.2) is 4.57 Å². The average molecular weight is 588 g/mol. The highest BCUT2D eigenvalue weighted by Crippen LogP contribution is 2.15. The summed E-state index contributed by atoms with van der Waals surface area (Å²) in [5.41, 5.74) is 0. The van der Waals surface area contributed by atoms with Crippen molar-refractivity contribution < 1.29 is 4.57 Å². The third-order valence-electron chi connectivity index (χ3n) is 9.60. The smallest absolute Gasteiger partial charge is 0.234 e. The first-order valence-corrected chi connectivity index (χ1v) is 19.9. The molecule has 248 valence electrons. The van der Waals surface area contributed by atoms with Gasteiger partial charge >= 0.3 is 0 Å². The Morgan fingerprint density at radius 2 is 0.738 bits per heavy atom. The lowest BCUT2D eigenvalue weighted by molar-refractivity contribution is -0.704. The molecule has 2 nitrogen and oxygen atoms in total. The molecule has 0 bridgehead atoms. The van der Waals surface area contributed by atoms with Crippen molar-refractivity contribution in [1.29, 1.82) is 0 Å². The minimum absolute atomic E-state index is 1.20. The third kappa shape index (κ3) is 23.6. The zero-order valence-electron chi connectivity index (χ0n) is 29.6. The van der Waals surface area contributed by atoms with Gasteiger partial charge in [0.25, 0.3) is 5.82 Å². The van der Waals surface area contributed by atoms with E-state index in [1.807, 2.05) is 0 Å². The van der Waals surface area contributed by atoms with Crippen LogP contribution in [0.1, 0.15) is 226 Å². The van der Waals surface area contributed by atoms with Crippen LogP contribution < -0.4 is 4.57 Å². The van der Waals surface area contributed by atoms with Gasteiger partial charge < -0.3 is 0 Å². The van der Waals surface area contributed by atoms with Gasteiger partial charge in [-0.25, -0.2) is 9.13 Å². The maximum absolute atomic E-state index is 2.61. The Morgan fingerprint density at radius 3 is 1.12 bits per heavy atom. The van der Waals surface area contributed by atoms with Crippen LogP contribution in [0.2, 0.25) is 0 Å². The lowest BCUT2D eigenvalue weighted by atomic mass is 10.0. The Bertz CT molecular complexity index is 648. The van der Waals surface area contributed by atoms with E-state index in [-0.39, 0.29) is 0 Å². The van der Waals surface area contributed by atoms with Crippen LogP contribution in [0.3, 0.4) is 0 Å². The minimum Gasteiger partial charge on any atom is -0.234 e. The molecule has 1 aromatic rings. The van der Waals surface area contributed by atoms with E-state index in [2.05, 4.69) is 42.3 Å². The second-order valence-electron chi connectivity index (χ2n) is 13.8. The van der Waals surface area contributed by atoms with Gasteiger partial charge in [0, 0.05) is 6.42 Å². The molecule has 0 amide bonds. The Hall–Kier alpha value is -0.790. The molecule has 0 fully saturated rings. The van der Waals surface area contributed by atoms with E-state index in [0.717, 1.165) is 0 Å². The topological polar surface area (TPSA) is 8.81 Å². The Balaban J connectivity index is 2.08. The summed E-state index contributed by atoms with van der Waals surface area (Å²) in [4.78, 5) is 0. The summed E-state index contributed by atoms with van der Waals surface area (Å²) in [6.45, 7) is 9.37. The van der Waals surface area contributed by atoms with Crippen molar-refractivity contribution in [3.05, 3.63) is 18.2 Å². The largest absolute Gasteiger partial charge is 0.256 e. The summed E-state index contributed by atoms with van der Waals surface area (Å²) in [5.74, 6) is 1.60. The normalized spacial score (nSPS) is 11.6. The summed E-state index contributed by atoms with van der Waals surface area (Å²) in [6, 6.07) is 0. The summed E-state index contributed by atoms with van der Waals surface area (Å²) < 4.78 is 5.19. The number of hydrogen-bond donors (Lipinski definition) is 0. The number of nitrogens with zero attached hydrogens (tertiary/aromatic N) is 2. The van der Waals surface area contributed by atoms with Crippen molar-refractivity contribution in [3.8, 4) is 0 Å². The van der Waals surface area contributed by atoms with Crippen molar-refractivity contribution in [2.24, 2.45) is 0 Å². The SMILES string of the molecule is CCCCCCCCCCCCCCCCCc1n(CCCC)cc[n+]1CCCCCCCCCCCCCCCC. The fraction of sp³-hybridized carbons (Fsp3) is 0.925. The molecule has 2 heteroatoms. The van der Waals surface area contributed by atoms with Gasteiger partial charge in [0.1, 0.15) is 12.4 Å². The fourth-order valence-electron chi connectivity index (χ4n) is 6.65. The summed E-state index contributed by atoms with van der Waals surface area (Å²) in [7, 11) is 0. The Labute approximate surface area is 266 Å². The zero-order chi connectivity index (χ0) is 30.2. The molecule has 0 saturated carbocycles.